The number of nitrogens with zero attached hydrogens (tertiary/aromatic N) is 3. The van der Waals surface area contributed by atoms with E-state index >= 15 is 0 Å². The molecule has 4 rings (SSSR count). The molecule has 0 radical (unpaired) electrons. The fraction of sp³-hybridized carbons (Fsp3) is 0.444. The summed E-state index contributed by atoms with van der Waals surface area (Å²) in [5, 5.41) is 0. The van der Waals surface area contributed by atoms with Crippen LogP contribution in [0.2, 0.25) is 0 Å². The van der Waals surface area contributed by atoms with Crippen LogP contribution < -0.4 is 0 Å². The number of benzene rings is 1. The molecule has 2 fully saturated rings. The summed E-state index contributed by atoms with van der Waals surface area (Å²) in [6.07, 6.45) is 5.55. The van der Waals surface area contributed by atoms with Crippen LogP contribution in [0.25, 0.3) is 0 Å². The van der Waals surface area contributed by atoms with Crippen molar-refractivity contribution in [3.05, 3.63) is 54.1 Å². The van der Waals surface area contributed by atoms with E-state index in [2.05, 4.69) is 34.0 Å². The van der Waals surface area contributed by atoms with Gasteiger partial charge in [-0.25, -0.2) is 4.98 Å². The Kier molecular flexibility index (Phi) is 3.45. The summed E-state index contributed by atoms with van der Waals surface area (Å²) in [6, 6.07) is 10.4. The van der Waals surface area contributed by atoms with Crippen LogP contribution in [0.1, 0.15) is 30.3 Å². The predicted octanol–water partition coefficient (Wildman–Crippen LogP) is 1.96. The molecule has 5 heteroatoms. The van der Waals surface area contributed by atoms with Gasteiger partial charge in [0.05, 0.1) is 11.5 Å². The Hall–Kier alpha value is -2.14. The van der Waals surface area contributed by atoms with Gasteiger partial charge < -0.3 is 9.88 Å². The van der Waals surface area contributed by atoms with Gasteiger partial charge in [-0.2, -0.15) is 0 Å². The van der Waals surface area contributed by atoms with Crippen LogP contribution in [0.3, 0.4) is 0 Å². The summed E-state index contributed by atoms with van der Waals surface area (Å²) in [4.78, 5) is 25.1. The first-order valence-corrected chi connectivity index (χ1v) is 8.25. The maximum atomic E-state index is 13.2. The lowest BCUT2D eigenvalue weighted by Crippen LogP contribution is -2.52. The average Bonchev–Trinajstić information content (AvgIpc) is 3.23. The van der Waals surface area contributed by atoms with E-state index < -0.39 is 0 Å². The second kappa shape index (κ2) is 5.49. The smallest absolute Gasteiger partial charge is 0.233 e. The van der Waals surface area contributed by atoms with E-state index in [1.54, 1.807) is 6.20 Å². The highest BCUT2D eigenvalue weighted by atomic mass is 16.2. The van der Waals surface area contributed by atoms with Crippen LogP contribution in [0.4, 0.5) is 0 Å². The molecule has 0 spiro atoms. The quantitative estimate of drug-likeness (QED) is 0.943. The van der Waals surface area contributed by atoms with E-state index in [0.29, 0.717) is 6.54 Å². The second-order valence-corrected chi connectivity index (χ2v) is 6.67. The van der Waals surface area contributed by atoms with Crippen LogP contribution in [0, 0.1) is 0 Å². The summed E-state index contributed by atoms with van der Waals surface area (Å²) in [5.74, 6) is 1.22. The van der Waals surface area contributed by atoms with E-state index in [1.165, 1.54) is 5.56 Å². The normalized spacial score (nSPS) is 23.7. The second-order valence-electron chi connectivity index (χ2n) is 6.67. The number of imidazole rings is 1. The number of carbonyl (C=O) groups is 1. The van der Waals surface area contributed by atoms with Crippen molar-refractivity contribution in [1.82, 2.24) is 19.8 Å². The minimum Gasteiger partial charge on any atom is -0.347 e. The third-order valence-corrected chi connectivity index (χ3v) is 5.26. The zero-order valence-corrected chi connectivity index (χ0v) is 13.4. The number of hydrogen-bond donors (Lipinski definition) is 1. The van der Waals surface area contributed by atoms with E-state index in [4.69, 9.17) is 0 Å². The Balaban J connectivity index is 1.55. The van der Waals surface area contributed by atoms with Gasteiger partial charge in [-0.3, -0.25) is 9.69 Å². The van der Waals surface area contributed by atoms with Crippen LogP contribution >= 0.6 is 0 Å². The third-order valence-electron chi connectivity index (χ3n) is 5.26. The number of rotatable bonds is 3. The molecule has 23 heavy (non-hydrogen) atoms. The van der Waals surface area contributed by atoms with Gasteiger partial charge in [0.25, 0.3) is 0 Å². The van der Waals surface area contributed by atoms with Gasteiger partial charge in [-0.05, 0) is 25.5 Å². The first-order valence-electron chi connectivity index (χ1n) is 8.25. The largest absolute Gasteiger partial charge is 0.347 e. The number of hydrogen-bond acceptors (Lipinski definition) is 3. The number of carbonyl (C=O) groups excluding carboxylic acids is 1. The van der Waals surface area contributed by atoms with E-state index in [1.807, 2.05) is 29.3 Å². The first-order chi connectivity index (χ1) is 11.2. The number of amides is 1. The molecular formula is C18H22N4O. The van der Waals surface area contributed by atoms with Gasteiger partial charge >= 0.3 is 0 Å². The molecule has 2 aliphatic rings. The highest BCUT2D eigenvalue weighted by molar-refractivity contribution is 5.91. The molecule has 2 heterocycles. The topological polar surface area (TPSA) is 52.2 Å². The van der Waals surface area contributed by atoms with Gasteiger partial charge in [0.2, 0.25) is 5.91 Å². The maximum Gasteiger partial charge on any atom is 0.233 e. The van der Waals surface area contributed by atoms with Crippen molar-refractivity contribution in [2.45, 2.75) is 24.3 Å². The predicted molar refractivity (Wildman–Crippen MR) is 87.9 cm³/mol. The Morgan fingerprint density at radius 3 is 2.70 bits per heavy atom. The van der Waals surface area contributed by atoms with Gasteiger partial charge in [-0.15, -0.1) is 0 Å². The van der Waals surface area contributed by atoms with Gasteiger partial charge in [0.15, 0.2) is 0 Å². The molecule has 1 aromatic carbocycles. The van der Waals surface area contributed by atoms with Gasteiger partial charge in [-0.1, -0.05) is 30.3 Å². The van der Waals surface area contributed by atoms with Crippen LogP contribution in [0.15, 0.2) is 42.7 Å². The SMILES string of the molecule is CN1CCN(C(=O)C2(c3ccccc3)CC2)C[C@@H]1c1ncc[nH]1. The fourth-order valence-electron chi connectivity index (χ4n) is 3.62. The molecular weight excluding hydrogens is 288 g/mol. The lowest BCUT2D eigenvalue weighted by molar-refractivity contribution is -0.136. The zero-order valence-electron chi connectivity index (χ0n) is 13.4. The number of piperazine rings is 1. The molecule has 2 aromatic rings. The molecule has 1 atom stereocenters. The molecule has 1 saturated carbocycles. The minimum atomic E-state index is -0.273. The molecule has 1 aliphatic carbocycles. The van der Waals surface area contributed by atoms with Crippen LogP contribution in [0.5, 0.6) is 0 Å². The number of likely N-dealkylation sites (N-methyl/N-ethyl adjacent to an activating group) is 1. The number of nitrogens with one attached hydrogen (secondary N) is 1. The summed E-state index contributed by atoms with van der Waals surface area (Å²) in [7, 11) is 2.10. The molecule has 1 aromatic heterocycles. The van der Waals surface area contributed by atoms with Crippen LogP contribution in [-0.2, 0) is 10.2 Å². The van der Waals surface area contributed by atoms with Crippen molar-refractivity contribution < 1.29 is 4.79 Å². The molecule has 0 unspecified atom stereocenters. The monoisotopic (exact) mass is 310 g/mol. The summed E-state index contributed by atoms with van der Waals surface area (Å²) < 4.78 is 0. The summed E-state index contributed by atoms with van der Waals surface area (Å²) in [5.41, 5.74) is 0.892. The molecule has 1 aliphatic heterocycles. The minimum absolute atomic E-state index is 0.147. The first kappa shape index (κ1) is 14.5. The maximum absolute atomic E-state index is 13.2. The van der Waals surface area contributed by atoms with Crippen molar-refractivity contribution in [2.24, 2.45) is 0 Å². The van der Waals surface area contributed by atoms with Crippen molar-refractivity contribution in [2.75, 3.05) is 26.7 Å². The highest BCUT2D eigenvalue weighted by Gasteiger charge is 2.53. The van der Waals surface area contributed by atoms with Crippen molar-refractivity contribution in [1.29, 1.82) is 0 Å². The third kappa shape index (κ3) is 2.45. The highest BCUT2D eigenvalue weighted by Crippen LogP contribution is 2.49. The standard InChI is InChI=1S/C18H22N4O/c1-21-11-12-22(13-15(21)16-19-9-10-20-16)17(23)18(7-8-18)14-5-3-2-4-6-14/h2-6,9-10,15H,7-8,11-13H2,1H3,(H,19,20)/t15-/m1/s1. The van der Waals surface area contributed by atoms with Crippen molar-refractivity contribution in [3.63, 3.8) is 0 Å². The number of aromatic nitrogens is 2. The molecule has 1 N–H and O–H groups in total. The zero-order chi connectivity index (χ0) is 15.9. The molecule has 120 valence electrons. The van der Waals surface area contributed by atoms with Crippen molar-refractivity contribution >= 4 is 5.91 Å². The molecule has 0 bridgehead atoms. The Morgan fingerprint density at radius 2 is 2.04 bits per heavy atom. The van der Waals surface area contributed by atoms with E-state index in [0.717, 1.165) is 31.8 Å². The van der Waals surface area contributed by atoms with Gasteiger partial charge in [0, 0.05) is 32.0 Å². The van der Waals surface area contributed by atoms with Crippen molar-refractivity contribution in [3.8, 4) is 0 Å². The lowest BCUT2D eigenvalue weighted by atomic mass is 9.93. The fourth-order valence-corrected chi connectivity index (χ4v) is 3.62. The van der Waals surface area contributed by atoms with E-state index in [9.17, 15) is 4.79 Å². The number of aromatic amines is 1. The molecule has 5 nitrogen and oxygen atoms in total. The summed E-state index contributed by atoms with van der Waals surface area (Å²) in [6.45, 7) is 2.38. The Bertz CT molecular complexity index is 678. The number of H-pyrrole nitrogens is 1. The average molecular weight is 310 g/mol. The van der Waals surface area contributed by atoms with Crippen LogP contribution in [-0.4, -0.2) is 52.4 Å². The Morgan fingerprint density at radius 1 is 1.26 bits per heavy atom. The molecule has 1 saturated heterocycles. The summed E-state index contributed by atoms with van der Waals surface area (Å²) >= 11 is 0. The lowest BCUT2D eigenvalue weighted by Gasteiger charge is -2.40. The Labute approximate surface area is 136 Å². The van der Waals surface area contributed by atoms with E-state index in [-0.39, 0.29) is 17.4 Å². The molecule has 1 amide bonds. The van der Waals surface area contributed by atoms with Gasteiger partial charge in [0.1, 0.15) is 5.82 Å².